The maximum Gasteiger partial charge on any atom is 0.274 e. The first-order valence-corrected chi connectivity index (χ1v) is 7.02. The van der Waals surface area contributed by atoms with Crippen LogP contribution >= 0.6 is 11.8 Å². The van der Waals surface area contributed by atoms with Crippen molar-refractivity contribution in [3.63, 3.8) is 0 Å². The molecule has 1 aliphatic heterocycles. The summed E-state index contributed by atoms with van der Waals surface area (Å²) in [7, 11) is -3.55. The van der Waals surface area contributed by atoms with Gasteiger partial charge >= 0.3 is 0 Å². The third-order valence-corrected chi connectivity index (χ3v) is 3.70. The summed E-state index contributed by atoms with van der Waals surface area (Å²) in [5.74, 6) is 0.849. The molecule has 1 heterocycles. The van der Waals surface area contributed by atoms with Gasteiger partial charge in [-0.3, -0.25) is 0 Å². The lowest BCUT2D eigenvalue weighted by Gasteiger charge is -2.09. The SMILES string of the molecule is [CH2]CSC1CNC(CNS(N)(=O)=O)C1. The Labute approximate surface area is 89.4 Å². The summed E-state index contributed by atoms with van der Waals surface area (Å²) >= 11 is 1.79. The molecule has 0 amide bonds. The summed E-state index contributed by atoms with van der Waals surface area (Å²) in [6, 6.07) is 0.192. The second-order valence-electron chi connectivity index (χ2n) is 3.23. The lowest BCUT2D eigenvalue weighted by atomic mass is 10.2. The molecule has 0 aromatic carbocycles. The highest BCUT2D eigenvalue weighted by atomic mass is 32.2. The number of hydrogen-bond acceptors (Lipinski definition) is 4. The molecule has 1 rings (SSSR count). The van der Waals surface area contributed by atoms with Crippen LogP contribution in [0.4, 0.5) is 0 Å². The zero-order chi connectivity index (χ0) is 10.6. The molecule has 4 N–H and O–H groups in total. The minimum atomic E-state index is -3.55. The van der Waals surface area contributed by atoms with Gasteiger partial charge in [-0.2, -0.15) is 20.2 Å². The quantitative estimate of drug-likeness (QED) is 0.578. The second kappa shape index (κ2) is 5.32. The van der Waals surface area contributed by atoms with Crippen molar-refractivity contribution in [2.24, 2.45) is 5.14 Å². The summed E-state index contributed by atoms with van der Waals surface area (Å²) < 4.78 is 23.5. The van der Waals surface area contributed by atoms with Crippen molar-refractivity contribution in [2.45, 2.75) is 17.7 Å². The summed E-state index contributed by atoms with van der Waals surface area (Å²) in [4.78, 5) is 0. The van der Waals surface area contributed by atoms with Crippen molar-refractivity contribution in [3.05, 3.63) is 6.92 Å². The third-order valence-electron chi connectivity index (χ3n) is 2.07. The van der Waals surface area contributed by atoms with E-state index in [1.165, 1.54) is 0 Å². The fourth-order valence-electron chi connectivity index (χ4n) is 1.45. The van der Waals surface area contributed by atoms with E-state index in [4.69, 9.17) is 5.14 Å². The smallest absolute Gasteiger partial charge is 0.274 e. The minimum absolute atomic E-state index is 0.192. The Morgan fingerprint density at radius 2 is 2.36 bits per heavy atom. The maximum atomic E-state index is 10.6. The van der Waals surface area contributed by atoms with Crippen LogP contribution in [-0.4, -0.2) is 38.6 Å². The molecule has 1 fully saturated rings. The molecule has 2 unspecified atom stereocenters. The van der Waals surface area contributed by atoms with Gasteiger partial charge in [-0.1, -0.05) is 0 Å². The van der Waals surface area contributed by atoms with Crippen LogP contribution in [0.2, 0.25) is 0 Å². The zero-order valence-electron chi connectivity index (χ0n) is 7.90. The largest absolute Gasteiger partial charge is 0.312 e. The number of nitrogens with two attached hydrogens (primary N) is 1. The highest BCUT2D eigenvalue weighted by Crippen LogP contribution is 2.20. The highest BCUT2D eigenvalue weighted by molar-refractivity contribution is 8.00. The molecular weight excluding hydrogens is 222 g/mol. The average molecular weight is 238 g/mol. The van der Waals surface area contributed by atoms with Crippen LogP contribution in [0.25, 0.3) is 0 Å². The molecule has 1 aliphatic rings. The van der Waals surface area contributed by atoms with E-state index in [9.17, 15) is 8.42 Å². The van der Waals surface area contributed by atoms with Crippen molar-refractivity contribution >= 4 is 22.0 Å². The van der Waals surface area contributed by atoms with Crippen LogP contribution in [0.5, 0.6) is 0 Å². The maximum absolute atomic E-state index is 10.6. The van der Waals surface area contributed by atoms with Gasteiger partial charge in [-0.25, -0.2) is 9.86 Å². The van der Waals surface area contributed by atoms with E-state index in [1.54, 1.807) is 11.8 Å². The molecule has 7 heteroatoms. The first-order valence-electron chi connectivity index (χ1n) is 4.43. The summed E-state index contributed by atoms with van der Waals surface area (Å²) in [6.07, 6.45) is 0.961. The monoisotopic (exact) mass is 238 g/mol. The van der Waals surface area contributed by atoms with Gasteiger partial charge in [0, 0.05) is 24.4 Å². The van der Waals surface area contributed by atoms with E-state index >= 15 is 0 Å². The number of thioether (sulfide) groups is 1. The fourth-order valence-corrected chi connectivity index (χ4v) is 2.80. The van der Waals surface area contributed by atoms with Gasteiger partial charge < -0.3 is 5.32 Å². The van der Waals surface area contributed by atoms with Gasteiger partial charge in [0.15, 0.2) is 0 Å². The first kappa shape index (κ1) is 12.3. The third kappa shape index (κ3) is 4.61. The molecular formula is C7H16N3O2S2. The molecule has 1 saturated heterocycles. The molecule has 0 saturated carbocycles. The van der Waals surface area contributed by atoms with Crippen LogP contribution in [0.3, 0.4) is 0 Å². The molecule has 2 atom stereocenters. The molecule has 14 heavy (non-hydrogen) atoms. The molecule has 0 bridgehead atoms. The van der Waals surface area contributed by atoms with E-state index in [0.717, 1.165) is 18.7 Å². The molecule has 0 spiro atoms. The highest BCUT2D eigenvalue weighted by Gasteiger charge is 2.24. The van der Waals surface area contributed by atoms with Gasteiger partial charge in [-0.15, -0.1) is 0 Å². The molecule has 83 valence electrons. The average Bonchev–Trinajstić information content (AvgIpc) is 2.49. The summed E-state index contributed by atoms with van der Waals surface area (Å²) in [5, 5.41) is 8.60. The number of hydrogen-bond donors (Lipinski definition) is 3. The predicted molar refractivity (Wildman–Crippen MR) is 59.1 cm³/mol. The first-order chi connectivity index (χ1) is 6.51. The summed E-state index contributed by atoms with van der Waals surface area (Å²) in [6.45, 7) is 5.05. The fraction of sp³-hybridized carbons (Fsp3) is 0.857. The Bertz CT molecular complexity index is 268. The normalized spacial score (nSPS) is 28.1. The predicted octanol–water partition coefficient (Wildman–Crippen LogP) is -0.923. The molecule has 0 aromatic rings. The van der Waals surface area contributed by atoms with Crippen molar-refractivity contribution in [1.82, 2.24) is 10.0 Å². The van der Waals surface area contributed by atoms with Gasteiger partial charge in [0.05, 0.1) is 0 Å². The van der Waals surface area contributed by atoms with E-state index in [-0.39, 0.29) is 6.04 Å². The van der Waals surface area contributed by atoms with Crippen LogP contribution in [0, 0.1) is 6.92 Å². The number of nitrogens with one attached hydrogen (secondary N) is 2. The topological polar surface area (TPSA) is 84.2 Å². The Balaban J connectivity index is 2.23. The Morgan fingerprint density at radius 1 is 1.64 bits per heavy atom. The van der Waals surface area contributed by atoms with Crippen LogP contribution in [0.15, 0.2) is 0 Å². The van der Waals surface area contributed by atoms with Crippen LogP contribution < -0.4 is 15.2 Å². The number of rotatable bonds is 5. The van der Waals surface area contributed by atoms with E-state index in [0.29, 0.717) is 11.8 Å². The Hall–Kier alpha value is 0.180. The zero-order valence-corrected chi connectivity index (χ0v) is 9.53. The molecule has 1 radical (unpaired) electrons. The van der Waals surface area contributed by atoms with Crippen molar-refractivity contribution in [1.29, 1.82) is 0 Å². The van der Waals surface area contributed by atoms with E-state index in [1.807, 2.05) is 0 Å². The van der Waals surface area contributed by atoms with Crippen molar-refractivity contribution in [2.75, 3.05) is 18.8 Å². The molecule has 5 nitrogen and oxygen atoms in total. The van der Waals surface area contributed by atoms with Crippen molar-refractivity contribution < 1.29 is 8.42 Å². The van der Waals surface area contributed by atoms with Gasteiger partial charge in [0.2, 0.25) is 0 Å². The summed E-state index contributed by atoms with van der Waals surface area (Å²) in [5.41, 5.74) is 0. The Morgan fingerprint density at radius 3 is 2.93 bits per heavy atom. The van der Waals surface area contributed by atoms with Crippen molar-refractivity contribution in [3.8, 4) is 0 Å². The molecule has 0 aromatic heterocycles. The molecule has 0 aliphatic carbocycles. The minimum Gasteiger partial charge on any atom is -0.312 e. The van der Waals surface area contributed by atoms with Gasteiger partial charge in [-0.05, 0) is 19.1 Å². The van der Waals surface area contributed by atoms with Crippen LogP contribution in [0.1, 0.15) is 6.42 Å². The lowest BCUT2D eigenvalue weighted by Crippen LogP contribution is -2.40. The second-order valence-corrected chi connectivity index (χ2v) is 6.01. The van der Waals surface area contributed by atoms with E-state index in [2.05, 4.69) is 17.0 Å². The van der Waals surface area contributed by atoms with E-state index < -0.39 is 10.2 Å². The Kier molecular flexibility index (Phi) is 4.65. The standard InChI is InChI=1S/C7H16N3O2S2/c1-2-13-7-3-6(9-5-7)4-10-14(8,11)12/h6-7,9-10H,1-5H2,(H2,8,11,12). The van der Waals surface area contributed by atoms with Crippen LogP contribution in [-0.2, 0) is 10.2 Å². The lowest BCUT2D eigenvalue weighted by molar-refractivity contribution is 0.553. The van der Waals surface area contributed by atoms with Gasteiger partial charge in [0.25, 0.3) is 10.2 Å². The van der Waals surface area contributed by atoms with Gasteiger partial charge in [0.1, 0.15) is 0 Å².